The third kappa shape index (κ3) is 5.42. The fourth-order valence-corrected chi connectivity index (χ4v) is 1.36. The summed E-state index contributed by atoms with van der Waals surface area (Å²) in [6.07, 6.45) is -4.83. The summed E-state index contributed by atoms with van der Waals surface area (Å²) in [5, 5.41) is 0. The van der Waals surface area contributed by atoms with E-state index in [9.17, 15) is 26.1 Å². The maximum Gasteiger partial charge on any atom is 0.522 e. The van der Waals surface area contributed by atoms with Gasteiger partial charge in [0, 0.05) is 0 Å². The molecule has 9 heteroatoms. The summed E-state index contributed by atoms with van der Waals surface area (Å²) >= 11 is 0. The van der Waals surface area contributed by atoms with E-state index in [0.29, 0.717) is 5.56 Å². The Balaban J connectivity index is 2.68. The molecule has 0 atom stereocenters. The van der Waals surface area contributed by atoms with Crippen LogP contribution in [0.25, 0.3) is 0 Å². The standard InChI is InChI=1S/C10H10BF6O2/c1-7-2-3-9(8(6-7)11(15,16)17)18-4-5-19-10(12,13)14/h2-3,6H,4-5H2,1H3/q-1. The molecule has 0 N–H and O–H groups in total. The van der Waals surface area contributed by atoms with E-state index < -0.39 is 37.8 Å². The summed E-state index contributed by atoms with van der Waals surface area (Å²) in [6, 6.07) is 3.35. The monoisotopic (exact) mass is 287 g/mol. The third-order valence-corrected chi connectivity index (χ3v) is 2.12. The number of halogens is 6. The largest absolute Gasteiger partial charge is 0.522 e. The summed E-state index contributed by atoms with van der Waals surface area (Å²) in [6.45, 7) is -5.31. The molecule has 0 bridgehead atoms. The SMILES string of the molecule is Cc1ccc(OCCOC(F)(F)F)c([B-](F)(F)F)c1. The van der Waals surface area contributed by atoms with Crippen LogP contribution in [0.4, 0.5) is 26.1 Å². The van der Waals surface area contributed by atoms with Crippen molar-refractivity contribution >= 4 is 12.4 Å². The van der Waals surface area contributed by atoms with E-state index in [1.807, 2.05) is 0 Å². The van der Waals surface area contributed by atoms with Gasteiger partial charge in [0.25, 0.3) is 0 Å². The first-order valence-electron chi connectivity index (χ1n) is 5.23. The quantitative estimate of drug-likeness (QED) is 0.471. The first kappa shape index (κ1) is 15.7. The molecule has 1 rings (SSSR count). The van der Waals surface area contributed by atoms with Gasteiger partial charge in [0.15, 0.2) is 0 Å². The topological polar surface area (TPSA) is 18.5 Å². The average molecular weight is 287 g/mol. The molecule has 0 fully saturated rings. The molecular weight excluding hydrogens is 277 g/mol. The highest BCUT2D eigenvalue weighted by Crippen LogP contribution is 2.20. The smallest absolute Gasteiger partial charge is 0.494 e. The summed E-state index contributed by atoms with van der Waals surface area (Å²) in [4.78, 5) is 0. The van der Waals surface area contributed by atoms with Crippen molar-refractivity contribution in [2.24, 2.45) is 0 Å². The van der Waals surface area contributed by atoms with Crippen molar-refractivity contribution in [2.75, 3.05) is 13.2 Å². The van der Waals surface area contributed by atoms with Crippen LogP contribution < -0.4 is 10.2 Å². The molecule has 0 saturated carbocycles. The van der Waals surface area contributed by atoms with Gasteiger partial charge in [-0.2, -0.15) is 0 Å². The van der Waals surface area contributed by atoms with Crippen molar-refractivity contribution in [1.29, 1.82) is 0 Å². The second kappa shape index (κ2) is 5.73. The molecule has 0 aliphatic carbocycles. The zero-order valence-corrected chi connectivity index (χ0v) is 9.81. The Morgan fingerprint density at radius 3 is 2.26 bits per heavy atom. The van der Waals surface area contributed by atoms with Crippen LogP contribution in [-0.4, -0.2) is 26.6 Å². The van der Waals surface area contributed by atoms with Crippen LogP contribution in [0, 0.1) is 6.92 Å². The summed E-state index contributed by atoms with van der Waals surface area (Å²) < 4.78 is 81.1. The molecule has 0 aliphatic heterocycles. The molecule has 0 saturated heterocycles. The van der Waals surface area contributed by atoms with Gasteiger partial charge in [-0.05, 0) is 13.0 Å². The van der Waals surface area contributed by atoms with Crippen molar-refractivity contribution in [3.05, 3.63) is 23.8 Å². The molecule has 0 aliphatic rings. The molecule has 108 valence electrons. The number of hydrogen-bond donors (Lipinski definition) is 0. The van der Waals surface area contributed by atoms with Crippen molar-refractivity contribution in [2.45, 2.75) is 13.3 Å². The van der Waals surface area contributed by atoms with Crippen LogP contribution in [0.3, 0.4) is 0 Å². The van der Waals surface area contributed by atoms with Gasteiger partial charge in [-0.25, -0.2) is 0 Å². The Labute approximate surface area is 105 Å². The van der Waals surface area contributed by atoms with Gasteiger partial charge in [0.05, 0.1) is 12.4 Å². The maximum absolute atomic E-state index is 12.7. The average Bonchev–Trinajstić information content (AvgIpc) is 2.23. The number of benzene rings is 1. The maximum atomic E-state index is 12.7. The minimum absolute atomic E-state index is 0.382. The number of ether oxygens (including phenoxy) is 2. The highest BCUT2D eigenvalue weighted by Gasteiger charge is 2.30. The van der Waals surface area contributed by atoms with E-state index in [2.05, 4.69) is 9.47 Å². The number of aryl methyl sites for hydroxylation is 1. The normalized spacial score (nSPS) is 12.6. The summed E-state index contributed by atoms with van der Waals surface area (Å²) in [7, 11) is 0. The van der Waals surface area contributed by atoms with Crippen molar-refractivity contribution in [3.8, 4) is 5.75 Å². The van der Waals surface area contributed by atoms with Gasteiger partial charge in [-0.1, -0.05) is 23.2 Å². The van der Waals surface area contributed by atoms with E-state index in [0.717, 1.165) is 12.1 Å². The molecule has 0 aromatic heterocycles. The minimum atomic E-state index is -5.29. The second-order valence-electron chi connectivity index (χ2n) is 3.76. The Morgan fingerprint density at radius 1 is 1.11 bits per heavy atom. The van der Waals surface area contributed by atoms with Gasteiger partial charge in [0.1, 0.15) is 6.61 Å². The second-order valence-corrected chi connectivity index (χ2v) is 3.76. The summed E-state index contributed by atoms with van der Waals surface area (Å²) in [5.41, 5.74) is -0.583. The lowest BCUT2D eigenvalue weighted by Crippen LogP contribution is -2.36. The Hall–Kier alpha value is -1.38. The summed E-state index contributed by atoms with van der Waals surface area (Å²) in [5.74, 6) is -0.496. The van der Waals surface area contributed by atoms with Crippen molar-refractivity contribution in [1.82, 2.24) is 0 Å². The van der Waals surface area contributed by atoms with Crippen LogP contribution >= 0.6 is 0 Å². The number of alkyl halides is 3. The van der Waals surface area contributed by atoms with Gasteiger partial charge in [0.2, 0.25) is 0 Å². The van der Waals surface area contributed by atoms with E-state index in [4.69, 9.17) is 0 Å². The first-order valence-corrected chi connectivity index (χ1v) is 5.23. The van der Waals surface area contributed by atoms with E-state index in [1.54, 1.807) is 0 Å². The first-order chi connectivity index (χ1) is 8.59. The molecule has 2 nitrogen and oxygen atoms in total. The number of rotatable bonds is 5. The molecule has 19 heavy (non-hydrogen) atoms. The van der Waals surface area contributed by atoms with Gasteiger partial charge in [-0.3, -0.25) is 4.74 Å². The third-order valence-electron chi connectivity index (χ3n) is 2.12. The van der Waals surface area contributed by atoms with Crippen LogP contribution in [0.2, 0.25) is 0 Å². The fraction of sp³-hybridized carbons (Fsp3) is 0.400. The Bertz CT molecular complexity index is 429. The van der Waals surface area contributed by atoms with E-state index in [1.165, 1.54) is 13.0 Å². The molecule has 0 unspecified atom stereocenters. The lowest BCUT2D eigenvalue weighted by molar-refractivity contribution is -0.325. The van der Waals surface area contributed by atoms with Gasteiger partial charge < -0.3 is 17.7 Å². The minimum Gasteiger partial charge on any atom is -0.494 e. The van der Waals surface area contributed by atoms with Crippen molar-refractivity contribution < 1.29 is 35.6 Å². The fourth-order valence-electron chi connectivity index (χ4n) is 1.36. The molecule has 1 aromatic rings. The zero-order chi connectivity index (χ0) is 14.7. The van der Waals surface area contributed by atoms with Crippen LogP contribution in [0.1, 0.15) is 5.56 Å². The van der Waals surface area contributed by atoms with E-state index in [-0.39, 0.29) is 0 Å². The van der Waals surface area contributed by atoms with Crippen LogP contribution in [-0.2, 0) is 4.74 Å². The number of hydrogen-bond acceptors (Lipinski definition) is 2. The molecular formula is C10H10BF6O2-. The molecule has 0 amide bonds. The molecule has 0 spiro atoms. The zero-order valence-electron chi connectivity index (χ0n) is 9.81. The molecule has 0 radical (unpaired) electrons. The Morgan fingerprint density at radius 2 is 1.74 bits per heavy atom. The van der Waals surface area contributed by atoms with Crippen LogP contribution in [0.5, 0.6) is 5.75 Å². The molecule has 1 aromatic carbocycles. The highest BCUT2D eigenvalue weighted by molar-refractivity contribution is 6.74. The Kier molecular flexibility index (Phi) is 4.73. The van der Waals surface area contributed by atoms with E-state index >= 15 is 0 Å². The lowest BCUT2D eigenvalue weighted by Gasteiger charge is -2.20. The van der Waals surface area contributed by atoms with Crippen molar-refractivity contribution in [3.63, 3.8) is 0 Å². The predicted octanol–water partition coefficient (Wildman–Crippen LogP) is 2.96. The lowest BCUT2D eigenvalue weighted by atomic mass is 9.78. The predicted molar refractivity (Wildman–Crippen MR) is 57.4 cm³/mol. The van der Waals surface area contributed by atoms with Gasteiger partial charge in [-0.15, -0.1) is 13.2 Å². The molecule has 0 heterocycles. The van der Waals surface area contributed by atoms with Gasteiger partial charge >= 0.3 is 13.3 Å². The van der Waals surface area contributed by atoms with Crippen LogP contribution in [0.15, 0.2) is 18.2 Å². The highest BCUT2D eigenvalue weighted by atomic mass is 19.4.